The molecule has 0 radical (unpaired) electrons. The van der Waals surface area contributed by atoms with Gasteiger partial charge in [-0.1, -0.05) is 58.1 Å². The van der Waals surface area contributed by atoms with E-state index >= 15 is 0 Å². The number of nitrogens with two attached hydrogens (primary N) is 2. The van der Waals surface area contributed by atoms with Crippen LogP contribution in [0.3, 0.4) is 0 Å². The van der Waals surface area contributed by atoms with E-state index in [1.165, 1.54) is 74.8 Å². The third-order valence-electron chi connectivity index (χ3n) is 12.2. The van der Waals surface area contributed by atoms with E-state index in [0.29, 0.717) is 27.5 Å². The topological polar surface area (TPSA) is 253 Å². The number of halogens is 1. The van der Waals surface area contributed by atoms with E-state index in [4.69, 9.17) is 33.2 Å². The minimum atomic E-state index is -0.632. The molecule has 2 aliphatic rings. The Bertz CT molecular complexity index is 2760. The number of methoxy groups -OCH3 is 2. The molecular formula is C50H66BrN12O8PS3. The van der Waals surface area contributed by atoms with Crippen LogP contribution in [0.1, 0.15) is 58.2 Å². The van der Waals surface area contributed by atoms with Crippen molar-refractivity contribution in [3.8, 4) is 11.5 Å². The third-order valence-corrected chi connectivity index (χ3v) is 14.6. The van der Waals surface area contributed by atoms with E-state index < -0.39 is 21.3 Å². The fraction of sp³-hybridized carbons (Fsp3) is 0.380. The second-order valence-electron chi connectivity index (χ2n) is 17.2. The number of nitrogen functional groups attached to an aromatic ring is 1. The van der Waals surface area contributed by atoms with Crippen molar-refractivity contribution in [3.05, 3.63) is 121 Å². The highest BCUT2D eigenvalue weighted by Gasteiger charge is 2.30. The second kappa shape index (κ2) is 29.9. The van der Waals surface area contributed by atoms with Gasteiger partial charge in [-0.15, -0.1) is 0 Å². The minimum Gasteiger partial charge on any atom is -0.490 e. The van der Waals surface area contributed by atoms with Crippen LogP contribution in [0.15, 0.2) is 89.9 Å². The van der Waals surface area contributed by atoms with Crippen LogP contribution in [-0.2, 0) is 0 Å². The Hall–Kier alpha value is -6.01. The predicted molar refractivity (Wildman–Crippen MR) is 318 cm³/mol. The number of nitro groups is 2. The molecular weight excluding hydrogens is 1100 g/mol. The van der Waals surface area contributed by atoms with Gasteiger partial charge in [0.25, 0.3) is 0 Å². The molecule has 5 aromatic rings. The summed E-state index contributed by atoms with van der Waals surface area (Å²) in [5, 5.41) is 30.0. The summed E-state index contributed by atoms with van der Waals surface area (Å²) in [6.07, 6.45) is 4.68. The van der Waals surface area contributed by atoms with Crippen molar-refractivity contribution >= 4 is 128 Å². The predicted octanol–water partition coefficient (Wildman–Crippen LogP) is 9.37. The Morgan fingerprint density at radius 1 is 0.813 bits per heavy atom. The highest BCUT2D eigenvalue weighted by atomic mass is 79.9. The van der Waals surface area contributed by atoms with Crippen LogP contribution < -0.4 is 41.4 Å². The number of nitrogens with zero attached hydrogens (tertiary/aromatic N) is 8. The standard InChI is InChI=1S/C24H28N6O4S.C17H27N5S2.C9H8BrNO4.H3P/c1-28(2)16-11-13-29(14-12-16)17-9-7-15(8-10-17)26-24-27-23(25)22(35-24)21(31)18-5-4-6-19(34-3)20(18)30(32)33;1-4-24-16(18)20-17(23)19-13-5-7-15(8-6-13)22-11-9-14(10-12-22)21(2)3;1-15-8-4-2-3-6(7(12)5-10)9(8)11(13)14;/h4-10,16H,11-14,25H2,1-3H3,(H,26,27);5-8,14H,4,9-12H2,1-3H3,(H3,18,19,20,23);2-4H,5H2,1H3;1H3. The first kappa shape index (κ1) is 61.5. The molecule has 20 nitrogen and oxygen atoms in total. The van der Waals surface area contributed by atoms with Gasteiger partial charge in [-0.25, -0.2) is 4.98 Å². The summed E-state index contributed by atoms with van der Waals surface area (Å²) >= 11 is 10.7. The lowest BCUT2D eigenvalue weighted by Gasteiger charge is -2.36. The average Bonchev–Trinajstić information content (AvgIpc) is 3.77. The molecule has 0 amide bonds. The zero-order valence-corrected chi connectivity index (χ0v) is 48.6. The lowest BCUT2D eigenvalue weighted by Crippen LogP contribution is -2.41. The molecule has 0 saturated carbocycles. The number of aliphatic imine (C=N–C) groups is 1. The zero-order valence-electron chi connectivity index (χ0n) is 43.1. The summed E-state index contributed by atoms with van der Waals surface area (Å²) in [5.41, 5.74) is 15.2. The third kappa shape index (κ3) is 17.3. The number of alkyl halides is 1. The molecule has 1 atom stereocenters. The second-order valence-corrected chi connectivity index (χ2v) is 20.5. The number of hydrogen-bond acceptors (Lipinski definition) is 18. The molecule has 25 heteroatoms. The summed E-state index contributed by atoms with van der Waals surface area (Å²) < 4.78 is 9.89. The van der Waals surface area contributed by atoms with E-state index in [9.17, 15) is 29.8 Å². The summed E-state index contributed by atoms with van der Waals surface area (Å²) in [6, 6.07) is 26.4. The van der Waals surface area contributed by atoms with Gasteiger partial charge in [0.1, 0.15) is 21.8 Å². The minimum absolute atomic E-state index is 0. The van der Waals surface area contributed by atoms with Gasteiger partial charge in [0.15, 0.2) is 32.7 Å². The van der Waals surface area contributed by atoms with Crippen molar-refractivity contribution in [2.45, 2.75) is 44.7 Å². The molecule has 0 aliphatic carbocycles. The van der Waals surface area contributed by atoms with Crippen molar-refractivity contribution in [2.24, 2.45) is 10.7 Å². The van der Waals surface area contributed by atoms with Crippen LogP contribution in [0, 0.1) is 20.2 Å². The molecule has 2 saturated heterocycles. The lowest BCUT2D eigenvalue weighted by molar-refractivity contribution is -0.386. The van der Waals surface area contributed by atoms with Crippen LogP contribution in [0.5, 0.6) is 11.5 Å². The van der Waals surface area contributed by atoms with Gasteiger partial charge in [0.05, 0.1) is 29.4 Å². The molecule has 0 bridgehead atoms. The van der Waals surface area contributed by atoms with Crippen LogP contribution in [0.25, 0.3) is 0 Å². The quantitative estimate of drug-likeness (QED) is 0.0105. The van der Waals surface area contributed by atoms with E-state index in [2.05, 4.69) is 109 Å². The zero-order chi connectivity index (χ0) is 54.1. The Morgan fingerprint density at radius 2 is 1.27 bits per heavy atom. The van der Waals surface area contributed by atoms with Crippen LogP contribution in [-0.4, -0.2) is 138 Å². The van der Waals surface area contributed by atoms with Crippen molar-refractivity contribution in [3.63, 3.8) is 0 Å². The Kier molecular flexibility index (Phi) is 24.5. The maximum absolute atomic E-state index is 13.1. The van der Waals surface area contributed by atoms with Gasteiger partial charge < -0.3 is 51.2 Å². The van der Waals surface area contributed by atoms with Crippen LogP contribution >= 0.6 is 61.1 Å². The van der Waals surface area contributed by atoms with Crippen molar-refractivity contribution in [1.82, 2.24) is 14.8 Å². The number of benzene rings is 4. The van der Waals surface area contributed by atoms with Crippen molar-refractivity contribution in [2.75, 3.05) is 106 Å². The first-order chi connectivity index (χ1) is 35.4. The molecule has 6 N–H and O–H groups in total. The number of carbonyl (C=O) groups excluding carboxylic acids is 2. The number of Topliss-reactive ketones (excluding diaryl/α,β-unsaturated/α-hetero) is 1. The lowest BCUT2D eigenvalue weighted by atomic mass is 10.0. The highest BCUT2D eigenvalue weighted by Crippen LogP contribution is 2.37. The van der Waals surface area contributed by atoms with E-state index in [1.54, 1.807) is 6.07 Å². The molecule has 0 spiro atoms. The van der Waals surface area contributed by atoms with Crippen LogP contribution in [0.4, 0.5) is 45.1 Å². The number of anilines is 6. The molecule has 75 heavy (non-hydrogen) atoms. The number of ether oxygens (including phenoxy) is 2. The fourth-order valence-corrected chi connectivity index (χ4v) is 10.1. The van der Waals surface area contributed by atoms with E-state index in [1.807, 2.05) is 31.2 Å². The number of piperidine rings is 2. The number of nitro benzene ring substituents is 2. The Labute approximate surface area is 463 Å². The maximum Gasteiger partial charge on any atom is 0.322 e. The smallest absolute Gasteiger partial charge is 0.322 e. The van der Waals surface area contributed by atoms with Gasteiger partial charge in [-0.3, -0.25) is 29.8 Å². The summed E-state index contributed by atoms with van der Waals surface area (Å²) in [4.78, 5) is 63.6. The van der Waals surface area contributed by atoms with E-state index in [-0.39, 0.29) is 60.0 Å². The largest absolute Gasteiger partial charge is 0.490 e. The molecule has 1 unspecified atom stereocenters. The van der Waals surface area contributed by atoms with Crippen molar-refractivity contribution in [1.29, 1.82) is 0 Å². The number of nitrogens with one attached hydrogen (secondary N) is 2. The van der Waals surface area contributed by atoms with Gasteiger partial charge in [-0.05, 0) is 145 Å². The molecule has 404 valence electrons. The summed E-state index contributed by atoms with van der Waals surface area (Å²) in [5.74, 6) is 0.0767. The van der Waals surface area contributed by atoms with E-state index in [0.717, 1.165) is 73.2 Å². The molecule has 2 aliphatic heterocycles. The average molecular weight is 1170 g/mol. The molecule has 4 aromatic carbocycles. The highest BCUT2D eigenvalue weighted by molar-refractivity contribution is 9.09. The maximum atomic E-state index is 13.1. The van der Waals surface area contributed by atoms with Gasteiger partial charge in [-0.2, -0.15) is 14.9 Å². The molecule has 7 rings (SSSR count). The van der Waals surface area contributed by atoms with Crippen molar-refractivity contribution < 1.29 is 28.9 Å². The van der Waals surface area contributed by atoms with Crippen LogP contribution in [0.2, 0.25) is 0 Å². The number of amidine groups is 1. The Balaban J connectivity index is 0.000000264. The fourth-order valence-electron chi connectivity index (χ4n) is 8.25. The SMILES string of the molecule is CCSC(N)=NC(=S)Nc1ccc(N2CCC(N(C)C)CC2)cc1.COc1cccc(C(=O)CBr)c1[N+](=O)[O-].COc1cccc(C(=O)c2sc(Nc3ccc(N4CCC(N(C)C)CC4)cc3)nc2N)c1[N+](=O)[O-].P. The van der Waals surface area contributed by atoms with Gasteiger partial charge >= 0.3 is 11.4 Å². The summed E-state index contributed by atoms with van der Waals surface area (Å²) in [7, 11) is 11.2. The number of aromatic nitrogens is 1. The number of thioether (sulfide) groups is 1. The number of thiocarbonyl (C=S) groups is 1. The number of ketones is 2. The summed E-state index contributed by atoms with van der Waals surface area (Å²) in [6.45, 7) is 6.26. The molecule has 3 heterocycles. The van der Waals surface area contributed by atoms with Gasteiger partial charge in [0.2, 0.25) is 5.78 Å². The monoisotopic (exact) mass is 1170 g/mol. The first-order valence-electron chi connectivity index (χ1n) is 23.5. The Morgan fingerprint density at radius 3 is 1.69 bits per heavy atom. The number of para-hydroxylation sites is 2. The number of carbonyl (C=O) groups is 2. The number of hydrogen-bond donors (Lipinski definition) is 4. The number of thiazole rings is 1. The first-order valence-corrected chi connectivity index (χ1v) is 26.8. The molecule has 2 fully saturated rings. The number of rotatable bonds is 16. The van der Waals surface area contributed by atoms with Gasteiger partial charge in [0, 0.05) is 61.0 Å². The molecule has 1 aromatic heterocycles. The normalized spacial score (nSPS) is 13.9.